The Kier molecular flexibility index (Phi) is 6.37. The third kappa shape index (κ3) is 4.61. The number of carbonyl (C=O) groups excluding carboxylic acids is 1. The molecule has 5 heteroatoms. The third-order valence-electron chi connectivity index (χ3n) is 3.85. The molecule has 2 aromatic carbocycles. The van der Waals surface area contributed by atoms with Gasteiger partial charge in [0.25, 0.3) is 0 Å². The van der Waals surface area contributed by atoms with Crippen molar-refractivity contribution < 1.29 is 19.4 Å². The number of aromatic carboxylic acids is 1. The molecular formula is C21H21BrO4. The fourth-order valence-electron chi connectivity index (χ4n) is 2.72. The lowest BCUT2D eigenvalue weighted by Gasteiger charge is -2.18. The number of benzene rings is 2. The fraction of sp³-hybridized carbons (Fsp3) is 0.238. The van der Waals surface area contributed by atoms with E-state index in [9.17, 15) is 14.7 Å². The lowest BCUT2D eigenvalue weighted by Crippen LogP contribution is -2.12. The predicted molar refractivity (Wildman–Crippen MR) is 106 cm³/mol. The molecule has 0 bridgehead atoms. The first-order valence-electron chi connectivity index (χ1n) is 8.22. The van der Waals surface area contributed by atoms with E-state index in [-0.39, 0.29) is 17.5 Å². The van der Waals surface area contributed by atoms with Crippen molar-refractivity contribution in [2.45, 2.75) is 33.8 Å². The zero-order chi connectivity index (χ0) is 19.4. The van der Waals surface area contributed by atoms with Crippen LogP contribution in [0.4, 0.5) is 0 Å². The number of hydrogen-bond donors (Lipinski definition) is 1. The van der Waals surface area contributed by atoms with Gasteiger partial charge >= 0.3 is 5.97 Å². The minimum absolute atomic E-state index is 0.118. The average molecular weight is 417 g/mol. The summed E-state index contributed by atoms with van der Waals surface area (Å²) in [7, 11) is 0. The maximum atomic E-state index is 12.4. The highest BCUT2D eigenvalue weighted by Crippen LogP contribution is 2.31. The number of ketones is 1. The molecule has 0 unspecified atom stereocenters. The van der Waals surface area contributed by atoms with Gasteiger partial charge in [0.15, 0.2) is 5.78 Å². The highest BCUT2D eigenvalue weighted by Gasteiger charge is 2.19. The minimum atomic E-state index is -0.991. The van der Waals surface area contributed by atoms with Crippen LogP contribution in [0.15, 0.2) is 40.9 Å². The van der Waals surface area contributed by atoms with E-state index in [0.29, 0.717) is 28.0 Å². The van der Waals surface area contributed by atoms with Gasteiger partial charge in [-0.3, -0.25) is 4.79 Å². The Bertz CT molecular complexity index is 865. The van der Waals surface area contributed by atoms with Gasteiger partial charge in [-0.05, 0) is 75.7 Å². The first-order valence-corrected chi connectivity index (χ1v) is 9.02. The van der Waals surface area contributed by atoms with Crippen molar-refractivity contribution in [3.63, 3.8) is 0 Å². The van der Waals surface area contributed by atoms with Crippen LogP contribution in [-0.4, -0.2) is 23.0 Å². The molecule has 0 fully saturated rings. The number of carbonyl (C=O) groups is 2. The summed E-state index contributed by atoms with van der Waals surface area (Å²) in [6, 6.07) is 8.84. The van der Waals surface area contributed by atoms with Crippen LogP contribution in [0.3, 0.4) is 0 Å². The van der Waals surface area contributed by atoms with Gasteiger partial charge in [-0.1, -0.05) is 15.9 Å². The molecule has 136 valence electrons. The number of aryl methyl sites for hydroxylation is 1. The molecule has 0 aliphatic carbocycles. The van der Waals surface area contributed by atoms with E-state index >= 15 is 0 Å². The van der Waals surface area contributed by atoms with Gasteiger partial charge in [0, 0.05) is 21.2 Å². The van der Waals surface area contributed by atoms with Crippen molar-refractivity contribution in [2.75, 3.05) is 0 Å². The van der Waals surface area contributed by atoms with Crippen LogP contribution in [-0.2, 0) is 0 Å². The lowest BCUT2D eigenvalue weighted by molar-refractivity contribution is 0.0694. The van der Waals surface area contributed by atoms with Crippen molar-refractivity contribution in [3.8, 4) is 5.75 Å². The van der Waals surface area contributed by atoms with Crippen molar-refractivity contribution in [3.05, 3.63) is 68.7 Å². The standard InChI is InChI=1S/C21H21BrO4/c1-12(2)26-20-14(4)19(21(24)25)13(3)11-16(20)7-10-18(23)15-5-8-17(22)9-6-15/h5-12H,1-4H3,(H,24,25). The van der Waals surface area contributed by atoms with Crippen LogP contribution < -0.4 is 4.74 Å². The molecule has 0 radical (unpaired) electrons. The average Bonchev–Trinajstić information content (AvgIpc) is 2.55. The van der Waals surface area contributed by atoms with Gasteiger partial charge in [-0.25, -0.2) is 4.79 Å². The Morgan fingerprint density at radius 1 is 1.15 bits per heavy atom. The molecule has 4 nitrogen and oxygen atoms in total. The molecule has 0 amide bonds. The SMILES string of the molecule is Cc1cc(C=CC(=O)c2ccc(Br)cc2)c(OC(C)C)c(C)c1C(=O)O. The first kappa shape index (κ1) is 19.9. The Labute approximate surface area is 161 Å². The highest BCUT2D eigenvalue weighted by molar-refractivity contribution is 9.10. The van der Waals surface area contributed by atoms with E-state index < -0.39 is 5.97 Å². The molecule has 0 aliphatic rings. The largest absolute Gasteiger partial charge is 0.490 e. The second kappa shape index (κ2) is 8.32. The number of halogens is 1. The summed E-state index contributed by atoms with van der Waals surface area (Å²) in [5, 5.41) is 9.45. The predicted octanol–water partition coefficient (Wildman–Crippen LogP) is 5.45. The van der Waals surface area contributed by atoms with E-state index in [1.54, 1.807) is 38.1 Å². The van der Waals surface area contributed by atoms with E-state index in [2.05, 4.69) is 15.9 Å². The van der Waals surface area contributed by atoms with Crippen molar-refractivity contribution in [2.24, 2.45) is 0 Å². The van der Waals surface area contributed by atoms with Crippen molar-refractivity contribution in [1.82, 2.24) is 0 Å². The Balaban J connectivity index is 2.45. The summed E-state index contributed by atoms with van der Waals surface area (Å²) < 4.78 is 6.75. The molecule has 0 atom stereocenters. The Morgan fingerprint density at radius 2 is 1.77 bits per heavy atom. The van der Waals surface area contributed by atoms with E-state index in [4.69, 9.17) is 4.74 Å². The van der Waals surface area contributed by atoms with Crippen LogP contribution in [0.1, 0.15) is 51.3 Å². The number of ether oxygens (including phenoxy) is 1. The van der Waals surface area contributed by atoms with Crippen LogP contribution in [0.5, 0.6) is 5.75 Å². The van der Waals surface area contributed by atoms with E-state index in [0.717, 1.165) is 4.47 Å². The summed E-state index contributed by atoms with van der Waals surface area (Å²) in [6.45, 7) is 7.21. The smallest absolute Gasteiger partial charge is 0.336 e. The van der Waals surface area contributed by atoms with Gasteiger partial charge < -0.3 is 9.84 Å². The Morgan fingerprint density at radius 3 is 2.31 bits per heavy atom. The maximum Gasteiger partial charge on any atom is 0.336 e. The molecule has 26 heavy (non-hydrogen) atoms. The molecule has 1 N–H and O–H groups in total. The van der Waals surface area contributed by atoms with E-state index in [1.807, 2.05) is 26.0 Å². The van der Waals surface area contributed by atoms with Gasteiger partial charge in [0.2, 0.25) is 0 Å². The van der Waals surface area contributed by atoms with E-state index in [1.165, 1.54) is 6.08 Å². The first-order chi connectivity index (χ1) is 12.2. The maximum absolute atomic E-state index is 12.4. The van der Waals surface area contributed by atoms with Gasteiger partial charge in [-0.2, -0.15) is 0 Å². The summed E-state index contributed by atoms with van der Waals surface area (Å²) in [6.07, 6.45) is 3.03. The number of allylic oxidation sites excluding steroid dienone is 1. The van der Waals surface area contributed by atoms with Crippen molar-refractivity contribution in [1.29, 1.82) is 0 Å². The lowest BCUT2D eigenvalue weighted by atomic mass is 9.97. The summed E-state index contributed by atoms with van der Waals surface area (Å²) in [5.41, 5.74) is 2.68. The summed E-state index contributed by atoms with van der Waals surface area (Å²) in [5.74, 6) is -0.636. The Hall–Kier alpha value is -2.40. The number of carboxylic acid groups (broad SMARTS) is 1. The zero-order valence-electron chi connectivity index (χ0n) is 15.2. The molecule has 2 rings (SSSR count). The van der Waals surface area contributed by atoms with Gasteiger partial charge in [0.1, 0.15) is 5.75 Å². The molecule has 0 aromatic heterocycles. The molecular weight excluding hydrogens is 396 g/mol. The quantitative estimate of drug-likeness (QED) is 0.502. The normalized spacial score (nSPS) is 11.2. The summed E-state index contributed by atoms with van der Waals surface area (Å²) >= 11 is 3.34. The molecule has 0 aliphatic heterocycles. The highest BCUT2D eigenvalue weighted by atomic mass is 79.9. The van der Waals surface area contributed by atoms with Crippen LogP contribution in [0, 0.1) is 13.8 Å². The number of hydrogen-bond acceptors (Lipinski definition) is 3. The molecule has 0 saturated carbocycles. The number of rotatable bonds is 6. The monoisotopic (exact) mass is 416 g/mol. The van der Waals surface area contributed by atoms with Gasteiger partial charge in [0.05, 0.1) is 11.7 Å². The van der Waals surface area contributed by atoms with Crippen LogP contribution in [0.25, 0.3) is 6.08 Å². The molecule has 2 aromatic rings. The molecule has 0 saturated heterocycles. The minimum Gasteiger partial charge on any atom is -0.490 e. The fourth-order valence-corrected chi connectivity index (χ4v) is 2.98. The van der Waals surface area contributed by atoms with Crippen LogP contribution >= 0.6 is 15.9 Å². The zero-order valence-corrected chi connectivity index (χ0v) is 16.8. The van der Waals surface area contributed by atoms with Crippen molar-refractivity contribution >= 4 is 33.8 Å². The molecule has 0 heterocycles. The van der Waals surface area contributed by atoms with Gasteiger partial charge in [-0.15, -0.1) is 0 Å². The number of carboxylic acids is 1. The molecule has 0 spiro atoms. The topological polar surface area (TPSA) is 63.6 Å². The van der Waals surface area contributed by atoms with Crippen LogP contribution in [0.2, 0.25) is 0 Å². The second-order valence-electron chi connectivity index (χ2n) is 6.29. The summed E-state index contributed by atoms with van der Waals surface area (Å²) in [4.78, 5) is 23.9. The second-order valence-corrected chi connectivity index (χ2v) is 7.20. The third-order valence-corrected chi connectivity index (χ3v) is 4.38.